The van der Waals surface area contributed by atoms with E-state index < -0.39 is 0 Å². The molecular formula is C34H37NO4. The Morgan fingerprint density at radius 3 is 2.08 bits per heavy atom. The smallest absolute Gasteiger partial charge is 0.200 e. The molecule has 1 heterocycles. The van der Waals surface area contributed by atoms with E-state index in [0.717, 1.165) is 23.1 Å². The van der Waals surface area contributed by atoms with Crippen LogP contribution in [0.1, 0.15) is 56.7 Å². The minimum atomic E-state index is -0.327. The Labute approximate surface area is 231 Å². The molecule has 0 amide bonds. The molecule has 5 heteroatoms. The van der Waals surface area contributed by atoms with Gasteiger partial charge in [0.15, 0.2) is 11.5 Å². The number of rotatable bonds is 9. The number of nitrogens with zero attached hydrogens (tertiary/aromatic N) is 1. The Morgan fingerprint density at radius 2 is 1.49 bits per heavy atom. The molecule has 3 aromatic rings. The lowest BCUT2D eigenvalue weighted by molar-refractivity contribution is -0.122. The highest BCUT2D eigenvalue weighted by Gasteiger charge is 2.69. The van der Waals surface area contributed by atoms with E-state index in [2.05, 4.69) is 26.8 Å². The minimum Gasteiger partial charge on any atom is -0.485 e. The lowest BCUT2D eigenvalue weighted by Crippen LogP contribution is -2.38. The number of fused-ring (bicyclic) bond motifs is 5. The van der Waals surface area contributed by atoms with Crippen LogP contribution in [-0.4, -0.2) is 12.4 Å². The third kappa shape index (κ3) is 4.66. The van der Waals surface area contributed by atoms with Gasteiger partial charge in [-0.05, 0) is 52.7 Å². The Morgan fingerprint density at radius 1 is 0.872 bits per heavy atom. The van der Waals surface area contributed by atoms with Gasteiger partial charge in [-0.2, -0.15) is 5.26 Å². The van der Waals surface area contributed by atoms with E-state index in [1.54, 1.807) is 0 Å². The van der Waals surface area contributed by atoms with Crippen LogP contribution in [0, 0.1) is 34.0 Å². The molecule has 202 valence electrons. The minimum absolute atomic E-state index is 0.176. The third-order valence-corrected chi connectivity index (χ3v) is 9.80. The van der Waals surface area contributed by atoms with Crippen molar-refractivity contribution in [1.82, 2.24) is 0 Å². The van der Waals surface area contributed by atoms with E-state index in [1.807, 2.05) is 72.8 Å². The topological polar surface area (TPSA) is 60.7 Å². The molecule has 2 bridgehead atoms. The molecule has 3 aliphatic rings. The first kappa shape index (κ1) is 25.8. The van der Waals surface area contributed by atoms with Gasteiger partial charge in [-0.15, -0.1) is 0 Å². The highest BCUT2D eigenvalue weighted by molar-refractivity contribution is 5.52. The largest absolute Gasteiger partial charge is 0.485 e. The van der Waals surface area contributed by atoms with Crippen molar-refractivity contribution in [3.8, 4) is 23.3 Å². The molecule has 6 rings (SSSR count). The summed E-state index contributed by atoms with van der Waals surface area (Å²) >= 11 is 0. The second-order valence-electron chi connectivity index (χ2n) is 12.1. The first-order valence-electron chi connectivity index (χ1n) is 14.1. The van der Waals surface area contributed by atoms with Crippen molar-refractivity contribution >= 4 is 0 Å². The van der Waals surface area contributed by atoms with Gasteiger partial charge in [-0.1, -0.05) is 81.4 Å². The van der Waals surface area contributed by atoms with Crippen molar-refractivity contribution < 1.29 is 18.9 Å². The highest BCUT2D eigenvalue weighted by Crippen LogP contribution is 2.71. The van der Waals surface area contributed by atoms with Crippen LogP contribution in [-0.2, 0) is 24.4 Å². The van der Waals surface area contributed by atoms with Gasteiger partial charge >= 0.3 is 0 Å². The molecule has 3 fully saturated rings. The number of hydrogen-bond acceptors (Lipinski definition) is 5. The Hall–Kier alpha value is -3.49. The lowest BCUT2D eigenvalue weighted by atomic mass is 9.70. The molecule has 1 aliphatic heterocycles. The number of nitriles is 1. The number of hydrogen-bond donors (Lipinski definition) is 0. The highest BCUT2D eigenvalue weighted by atomic mass is 16.7. The fourth-order valence-corrected chi connectivity index (χ4v) is 7.31. The van der Waals surface area contributed by atoms with E-state index in [1.165, 1.54) is 12.8 Å². The van der Waals surface area contributed by atoms with Crippen LogP contribution in [0.5, 0.6) is 17.2 Å². The fraction of sp³-hybridized carbons (Fsp3) is 0.441. The monoisotopic (exact) mass is 523 g/mol. The molecule has 1 saturated heterocycles. The SMILES string of the molecule is CC1(C)C2CCC1(C)C1OC(Oc3cc(OCc4ccccc4)c(OCc4ccccc4)cc3CC#N)CC21. The standard InChI is InChI=1S/C34H37NO4/c1-33(2)27-14-16-34(33,3)32-26(27)19-31(39-32)38-28-20-30(37-22-24-12-8-5-9-13-24)29(18-25(28)15-17-35)36-21-23-10-6-4-7-11-23/h4-13,18,20,26-27,31-32H,14-16,19,21-22H2,1-3H3. The molecule has 3 aromatic carbocycles. The van der Waals surface area contributed by atoms with Gasteiger partial charge in [-0.3, -0.25) is 0 Å². The van der Waals surface area contributed by atoms with Gasteiger partial charge < -0.3 is 18.9 Å². The lowest BCUT2D eigenvalue weighted by Gasteiger charge is -2.38. The maximum Gasteiger partial charge on any atom is 0.200 e. The van der Waals surface area contributed by atoms with Crippen LogP contribution in [0.25, 0.3) is 0 Å². The van der Waals surface area contributed by atoms with Gasteiger partial charge in [0.2, 0.25) is 6.29 Å². The molecule has 0 N–H and O–H groups in total. The summed E-state index contributed by atoms with van der Waals surface area (Å²) in [6.07, 6.45) is 3.47. The zero-order chi connectivity index (χ0) is 27.0. The van der Waals surface area contributed by atoms with E-state index in [-0.39, 0.29) is 29.6 Å². The van der Waals surface area contributed by atoms with Crippen molar-refractivity contribution in [2.75, 3.05) is 0 Å². The maximum atomic E-state index is 9.62. The van der Waals surface area contributed by atoms with Crippen molar-refractivity contribution in [2.45, 2.75) is 72.1 Å². The first-order chi connectivity index (χ1) is 18.9. The molecular weight excluding hydrogens is 486 g/mol. The molecule has 5 atom stereocenters. The summed E-state index contributed by atoms with van der Waals surface area (Å²) in [5.74, 6) is 3.01. The summed E-state index contributed by atoms with van der Waals surface area (Å²) in [5, 5.41) is 9.62. The summed E-state index contributed by atoms with van der Waals surface area (Å²) in [6.45, 7) is 8.03. The second kappa shape index (κ2) is 10.2. The van der Waals surface area contributed by atoms with E-state index in [4.69, 9.17) is 18.9 Å². The first-order valence-corrected chi connectivity index (χ1v) is 14.1. The second-order valence-corrected chi connectivity index (χ2v) is 12.1. The quantitative estimate of drug-likeness (QED) is 0.291. The van der Waals surface area contributed by atoms with Crippen LogP contribution in [0.4, 0.5) is 0 Å². The molecule has 0 aromatic heterocycles. The summed E-state index contributed by atoms with van der Waals surface area (Å²) in [7, 11) is 0. The Bertz CT molecular complexity index is 1350. The van der Waals surface area contributed by atoms with Crippen molar-refractivity contribution in [3.63, 3.8) is 0 Å². The molecule has 2 saturated carbocycles. The van der Waals surface area contributed by atoms with Crippen molar-refractivity contribution in [2.24, 2.45) is 22.7 Å². The predicted molar refractivity (Wildman–Crippen MR) is 149 cm³/mol. The zero-order valence-corrected chi connectivity index (χ0v) is 23.1. The molecule has 5 unspecified atom stereocenters. The zero-order valence-electron chi connectivity index (χ0n) is 23.1. The summed E-state index contributed by atoms with van der Waals surface area (Å²) < 4.78 is 25.7. The number of ether oxygens (including phenoxy) is 4. The average Bonchev–Trinajstić information content (AvgIpc) is 3.52. The fourth-order valence-electron chi connectivity index (χ4n) is 7.31. The summed E-state index contributed by atoms with van der Waals surface area (Å²) in [6, 6.07) is 26.2. The third-order valence-electron chi connectivity index (χ3n) is 9.80. The average molecular weight is 524 g/mol. The van der Waals surface area contributed by atoms with E-state index >= 15 is 0 Å². The summed E-state index contributed by atoms with van der Waals surface area (Å²) in [5.41, 5.74) is 3.37. The molecule has 0 spiro atoms. The normalized spacial score (nSPS) is 28.1. The van der Waals surface area contributed by atoms with Gasteiger partial charge in [0.05, 0.1) is 18.6 Å². The predicted octanol–water partition coefficient (Wildman–Crippen LogP) is 7.48. The van der Waals surface area contributed by atoms with Crippen LogP contribution < -0.4 is 14.2 Å². The molecule has 2 aliphatic carbocycles. The summed E-state index contributed by atoms with van der Waals surface area (Å²) in [4.78, 5) is 0. The van der Waals surface area contributed by atoms with Gasteiger partial charge in [0.1, 0.15) is 19.0 Å². The van der Waals surface area contributed by atoms with Gasteiger partial charge in [-0.25, -0.2) is 0 Å². The Kier molecular flexibility index (Phi) is 6.77. The van der Waals surface area contributed by atoms with Crippen molar-refractivity contribution in [1.29, 1.82) is 5.26 Å². The van der Waals surface area contributed by atoms with E-state index in [0.29, 0.717) is 42.3 Å². The van der Waals surface area contributed by atoms with Crippen LogP contribution >= 0.6 is 0 Å². The van der Waals surface area contributed by atoms with Crippen LogP contribution in [0.3, 0.4) is 0 Å². The van der Waals surface area contributed by atoms with Crippen molar-refractivity contribution in [3.05, 3.63) is 89.5 Å². The number of benzene rings is 3. The van der Waals surface area contributed by atoms with Crippen LogP contribution in [0.2, 0.25) is 0 Å². The Balaban J connectivity index is 1.26. The van der Waals surface area contributed by atoms with Gasteiger partial charge in [0.25, 0.3) is 0 Å². The van der Waals surface area contributed by atoms with Gasteiger partial charge in [0, 0.05) is 18.1 Å². The molecule has 5 nitrogen and oxygen atoms in total. The molecule has 0 radical (unpaired) electrons. The molecule has 39 heavy (non-hydrogen) atoms. The van der Waals surface area contributed by atoms with E-state index in [9.17, 15) is 5.26 Å². The van der Waals surface area contributed by atoms with Crippen LogP contribution in [0.15, 0.2) is 72.8 Å². The maximum absolute atomic E-state index is 9.62.